The van der Waals surface area contributed by atoms with Crippen LogP contribution in [-0.4, -0.2) is 64.4 Å². The number of ether oxygens (including phenoxy) is 1. The first-order valence-corrected chi connectivity index (χ1v) is 9.05. The number of aliphatic hydroxyl groups excluding tert-OH is 2. The van der Waals surface area contributed by atoms with Crippen molar-refractivity contribution in [2.75, 3.05) is 12.3 Å². The van der Waals surface area contributed by atoms with Crippen molar-refractivity contribution in [3.63, 3.8) is 0 Å². The molecule has 126 valence electrons. The molecule has 0 aromatic carbocycles. The summed E-state index contributed by atoms with van der Waals surface area (Å²) in [5, 5.41) is 20.2. The normalized spacial score (nSPS) is 28.5. The fraction of sp³-hybridized carbons (Fsp3) is 0.500. The van der Waals surface area contributed by atoms with E-state index in [0.717, 1.165) is 0 Å². The molecule has 0 amide bonds. The molecule has 2 aromatic rings. The summed E-state index contributed by atoms with van der Waals surface area (Å²) in [5.74, 6) is 0.169. The highest BCUT2D eigenvalue weighted by molar-refractivity contribution is 8.06. The predicted molar refractivity (Wildman–Crippen MR) is 80.3 cm³/mol. The third kappa shape index (κ3) is 3.20. The van der Waals surface area contributed by atoms with Crippen LogP contribution in [0.2, 0.25) is 0 Å². The van der Waals surface area contributed by atoms with Gasteiger partial charge in [-0.1, -0.05) is 0 Å². The fourth-order valence-electron chi connectivity index (χ4n) is 2.32. The van der Waals surface area contributed by atoms with E-state index in [2.05, 4.69) is 31.3 Å². The number of aliphatic hydroxyl groups is 2. The van der Waals surface area contributed by atoms with E-state index >= 15 is 0 Å². The third-order valence-electron chi connectivity index (χ3n) is 3.41. The minimum absolute atomic E-state index is 0.169. The fourth-order valence-corrected chi connectivity index (χ4v) is 2.85. The van der Waals surface area contributed by atoms with Crippen molar-refractivity contribution in [1.29, 1.82) is 0 Å². The second-order valence-electron chi connectivity index (χ2n) is 4.92. The first-order valence-electron chi connectivity index (χ1n) is 6.42. The summed E-state index contributed by atoms with van der Waals surface area (Å²) in [4.78, 5) is 30.0. The van der Waals surface area contributed by atoms with Crippen LogP contribution in [0.5, 0.6) is 0 Å². The quantitative estimate of drug-likeness (QED) is 0.391. The van der Waals surface area contributed by atoms with Gasteiger partial charge in [-0.25, -0.2) is 15.0 Å². The Morgan fingerprint density at radius 3 is 2.74 bits per heavy atom. The van der Waals surface area contributed by atoms with Gasteiger partial charge in [0, 0.05) is 0 Å². The molecule has 11 nitrogen and oxygen atoms in total. The largest absolute Gasteiger partial charge is 0.387 e. The summed E-state index contributed by atoms with van der Waals surface area (Å²) in [6.07, 6.45) is -2.06. The Kier molecular flexibility index (Phi) is 4.33. The smallest absolute Gasteiger partial charge is 0.321 e. The molecule has 6 N–H and O–H groups in total. The lowest BCUT2D eigenvalue weighted by atomic mass is 10.1. The van der Waals surface area contributed by atoms with E-state index in [1.807, 2.05) is 0 Å². The van der Waals surface area contributed by atoms with Crippen LogP contribution in [0.4, 0.5) is 5.82 Å². The van der Waals surface area contributed by atoms with Gasteiger partial charge in [0.05, 0.1) is 12.9 Å². The Balaban J connectivity index is 1.85. The lowest BCUT2D eigenvalue weighted by molar-refractivity contribution is -0.0487. The molecule has 13 heteroatoms. The Bertz CT molecular complexity index is 767. The molecule has 0 saturated carbocycles. The van der Waals surface area contributed by atoms with Crippen molar-refractivity contribution in [1.82, 2.24) is 19.5 Å². The molecule has 1 fully saturated rings. The predicted octanol–water partition coefficient (Wildman–Crippen LogP) is -1.75. The van der Waals surface area contributed by atoms with Crippen LogP contribution in [0, 0.1) is 0 Å². The van der Waals surface area contributed by atoms with Crippen LogP contribution in [0.1, 0.15) is 6.23 Å². The monoisotopic (exact) mass is 363 g/mol. The Labute approximate surface area is 134 Å². The highest BCUT2D eigenvalue weighted by atomic mass is 32.5. The number of hydrogen-bond acceptors (Lipinski definition) is 9. The number of nitrogen functional groups attached to an aromatic ring is 1. The van der Waals surface area contributed by atoms with E-state index in [9.17, 15) is 10.2 Å². The molecular weight excluding hydrogens is 349 g/mol. The first kappa shape index (κ1) is 16.6. The van der Waals surface area contributed by atoms with Gasteiger partial charge in [0.2, 0.25) is 0 Å². The number of rotatable bonds is 4. The highest BCUT2D eigenvalue weighted by Gasteiger charge is 2.44. The molecule has 3 rings (SSSR count). The minimum atomic E-state index is -3.89. The van der Waals surface area contributed by atoms with Gasteiger partial charge in [0.15, 0.2) is 17.7 Å². The maximum Gasteiger partial charge on any atom is 0.321 e. The number of nitrogens with two attached hydrogens (primary N) is 1. The van der Waals surface area contributed by atoms with Crippen molar-refractivity contribution in [3.05, 3.63) is 12.7 Å². The van der Waals surface area contributed by atoms with Crippen LogP contribution < -0.4 is 5.73 Å². The SMILES string of the molecule is Nc1ncnc2c1ncn2[C@H]1O[C@@H](COP(O)(O)=S)C(O)C1O. The number of aromatic nitrogens is 4. The zero-order valence-electron chi connectivity index (χ0n) is 11.5. The zero-order valence-corrected chi connectivity index (χ0v) is 13.2. The molecule has 23 heavy (non-hydrogen) atoms. The van der Waals surface area contributed by atoms with Gasteiger partial charge < -0.3 is 35.0 Å². The van der Waals surface area contributed by atoms with E-state index in [1.54, 1.807) is 0 Å². The van der Waals surface area contributed by atoms with Crippen molar-refractivity contribution in [2.45, 2.75) is 24.5 Å². The molecule has 0 radical (unpaired) electrons. The Morgan fingerprint density at radius 2 is 2.04 bits per heavy atom. The Hall–Kier alpha value is -1.24. The summed E-state index contributed by atoms with van der Waals surface area (Å²) in [5.41, 5.74) is 6.35. The molecule has 1 aliphatic rings. The van der Waals surface area contributed by atoms with Crippen molar-refractivity contribution < 1.29 is 29.3 Å². The molecule has 2 unspecified atom stereocenters. The molecule has 3 heterocycles. The maximum absolute atomic E-state index is 10.2. The van der Waals surface area contributed by atoms with Gasteiger partial charge in [0.1, 0.15) is 30.2 Å². The van der Waals surface area contributed by atoms with Crippen molar-refractivity contribution in [2.24, 2.45) is 0 Å². The maximum atomic E-state index is 10.2. The molecule has 4 atom stereocenters. The zero-order chi connectivity index (χ0) is 16.8. The molecule has 2 aromatic heterocycles. The molecule has 0 bridgehead atoms. The summed E-state index contributed by atoms with van der Waals surface area (Å²) in [6.45, 7) is -4.27. The molecule has 0 spiro atoms. The van der Waals surface area contributed by atoms with Crippen LogP contribution in [0.15, 0.2) is 12.7 Å². The second kappa shape index (κ2) is 6.00. The summed E-state index contributed by atoms with van der Waals surface area (Å²) >= 11 is 4.33. The lowest BCUT2D eigenvalue weighted by Crippen LogP contribution is -2.33. The standard InChI is InChI=1S/C10H14N5O6PS/c11-8-5-9(13-2-12-8)15(3-14-5)10-7(17)6(16)4(21-10)1-20-22(18,19)23/h2-4,6-7,10,16-17H,1H2,(H2,11,12,13)(H2,18,19,23)/t4-,6?,7?,10-/m0/s1. The van der Waals surface area contributed by atoms with E-state index in [-0.39, 0.29) is 12.4 Å². The van der Waals surface area contributed by atoms with E-state index in [1.165, 1.54) is 17.2 Å². The van der Waals surface area contributed by atoms with Gasteiger partial charge >= 0.3 is 6.72 Å². The molecule has 1 saturated heterocycles. The van der Waals surface area contributed by atoms with Crippen LogP contribution in [0.3, 0.4) is 0 Å². The Morgan fingerprint density at radius 1 is 1.30 bits per heavy atom. The van der Waals surface area contributed by atoms with Crippen molar-refractivity contribution in [3.8, 4) is 0 Å². The number of hydrogen-bond donors (Lipinski definition) is 5. The van der Waals surface area contributed by atoms with E-state index in [0.29, 0.717) is 11.2 Å². The van der Waals surface area contributed by atoms with Gasteiger partial charge in [-0.3, -0.25) is 4.57 Å². The van der Waals surface area contributed by atoms with Crippen LogP contribution in [-0.2, 0) is 21.1 Å². The average molecular weight is 363 g/mol. The highest BCUT2D eigenvalue weighted by Crippen LogP contribution is 2.39. The average Bonchev–Trinajstić information content (AvgIpc) is 3.01. The number of fused-ring (bicyclic) bond motifs is 1. The van der Waals surface area contributed by atoms with Crippen LogP contribution >= 0.6 is 6.72 Å². The van der Waals surface area contributed by atoms with E-state index in [4.69, 9.17) is 20.3 Å². The van der Waals surface area contributed by atoms with Gasteiger partial charge in [0.25, 0.3) is 0 Å². The van der Waals surface area contributed by atoms with Gasteiger partial charge in [-0.15, -0.1) is 0 Å². The van der Waals surface area contributed by atoms with E-state index < -0.39 is 31.3 Å². The molecular formula is C10H14N5O6PS. The van der Waals surface area contributed by atoms with Gasteiger partial charge in [-0.05, 0) is 11.8 Å². The minimum Gasteiger partial charge on any atom is -0.387 e. The molecule has 0 aliphatic carbocycles. The number of nitrogens with zero attached hydrogens (tertiary/aromatic N) is 4. The van der Waals surface area contributed by atoms with Gasteiger partial charge in [-0.2, -0.15) is 0 Å². The topological polar surface area (TPSA) is 169 Å². The number of anilines is 1. The lowest BCUT2D eigenvalue weighted by Gasteiger charge is -2.16. The van der Waals surface area contributed by atoms with Crippen LogP contribution in [0.25, 0.3) is 11.2 Å². The molecule has 1 aliphatic heterocycles. The third-order valence-corrected chi connectivity index (χ3v) is 4.21. The number of imidazole rings is 1. The first-order chi connectivity index (χ1) is 10.8. The summed E-state index contributed by atoms with van der Waals surface area (Å²) in [6, 6.07) is 0. The van der Waals surface area contributed by atoms with Crippen molar-refractivity contribution >= 4 is 35.5 Å². The summed E-state index contributed by atoms with van der Waals surface area (Å²) in [7, 11) is 0. The summed E-state index contributed by atoms with van der Waals surface area (Å²) < 4.78 is 11.6. The second-order valence-corrected chi connectivity index (χ2v) is 7.58.